The molecule has 4 heteroatoms. The fourth-order valence-electron chi connectivity index (χ4n) is 1.07. The second-order valence-electron chi connectivity index (χ2n) is 3.15. The number of rotatable bonds is 3. The Kier molecular flexibility index (Phi) is 3.34. The van der Waals surface area contributed by atoms with Crippen molar-refractivity contribution in [1.82, 2.24) is 15.5 Å². The smallest absolute Gasteiger partial charge is 0.317 e. The maximum Gasteiger partial charge on any atom is 0.317 e. The maximum absolute atomic E-state index is 11.3. The van der Waals surface area contributed by atoms with Gasteiger partial charge in [0.2, 0.25) is 0 Å². The van der Waals surface area contributed by atoms with Gasteiger partial charge in [-0.25, -0.2) is 4.79 Å². The minimum Gasteiger partial charge on any atom is -0.338 e. The minimum atomic E-state index is 0.0448. The molecular formula is C8H17N3O. The molecular weight excluding hydrogens is 154 g/mol. The number of hydrogen-bond acceptors (Lipinski definition) is 2. The summed E-state index contributed by atoms with van der Waals surface area (Å²) in [5.41, 5.74) is 0. The van der Waals surface area contributed by atoms with Crippen molar-refractivity contribution >= 4 is 6.03 Å². The zero-order valence-corrected chi connectivity index (χ0v) is 7.76. The van der Waals surface area contributed by atoms with Crippen LogP contribution in [0.25, 0.3) is 0 Å². The largest absolute Gasteiger partial charge is 0.338 e. The number of hydrogen-bond donors (Lipinski definition) is 2. The summed E-state index contributed by atoms with van der Waals surface area (Å²) in [5.74, 6) is 0. The Labute approximate surface area is 73.3 Å². The van der Waals surface area contributed by atoms with Crippen LogP contribution in [0.1, 0.15) is 13.3 Å². The minimum absolute atomic E-state index is 0.0448. The molecule has 4 nitrogen and oxygen atoms in total. The molecule has 0 aliphatic carbocycles. The Morgan fingerprint density at radius 1 is 1.67 bits per heavy atom. The van der Waals surface area contributed by atoms with Gasteiger partial charge in [0.05, 0.1) is 6.04 Å². The van der Waals surface area contributed by atoms with E-state index in [1.165, 1.54) is 0 Å². The van der Waals surface area contributed by atoms with E-state index in [4.69, 9.17) is 0 Å². The number of amides is 2. The normalized spacial score (nSPS) is 16.8. The first-order valence-corrected chi connectivity index (χ1v) is 4.47. The van der Waals surface area contributed by atoms with Gasteiger partial charge in [0.1, 0.15) is 0 Å². The van der Waals surface area contributed by atoms with Crippen molar-refractivity contribution in [3.8, 4) is 0 Å². The summed E-state index contributed by atoms with van der Waals surface area (Å²) in [6, 6.07) is 0.435. The number of likely N-dealkylation sites (N-methyl/N-ethyl adjacent to an activating group) is 1. The molecule has 0 atom stereocenters. The molecule has 1 saturated heterocycles. The molecule has 0 aromatic heterocycles. The first-order chi connectivity index (χ1) is 5.75. The third-order valence-corrected chi connectivity index (χ3v) is 2.15. The van der Waals surface area contributed by atoms with Gasteiger partial charge in [0.15, 0.2) is 0 Å². The topological polar surface area (TPSA) is 44.4 Å². The third kappa shape index (κ3) is 2.11. The monoisotopic (exact) mass is 171 g/mol. The van der Waals surface area contributed by atoms with E-state index in [0.717, 1.165) is 26.1 Å². The van der Waals surface area contributed by atoms with E-state index in [1.54, 1.807) is 4.90 Å². The standard InChI is InChI=1S/C8H17N3O/c1-3-4-10-8(12)11(2)7-5-9-6-7/h7,9H,3-6H2,1-2H3,(H,10,12). The summed E-state index contributed by atoms with van der Waals surface area (Å²) in [4.78, 5) is 13.1. The van der Waals surface area contributed by atoms with Gasteiger partial charge in [-0.15, -0.1) is 0 Å². The van der Waals surface area contributed by atoms with Crippen molar-refractivity contribution in [2.24, 2.45) is 0 Å². The average molecular weight is 171 g/mol. The fourth-order valence-corrected chi connectivity index (χ4v) is 1.07. The van der Waals surface area contributed by atoms with Crippen LogP contribution in [-0.4, -0.2) is 43.7 Å². The molecule has 1 heterocycles. The van der Waals surface area contributed by atoms with Crippen molar-refractivity contribution < 1.29 is 4.79 Å². The Bertz CT molecular complexity index is 156. The van der Waals surface area contributed by atoms with Gasteiger partial charge < -0.3 is 15.5 Å². The molecule has 0 bridgehead atoms. The molecule has 0 aromatic rings. The van der Waals surface area contributed by atoms with E-state index in [2.05, 4.69) is 10.6 Å². The average Bonchev–Trinajstić information content (AvgIpc) is 1.96. The SMILES string of the molecule is CCCNC(=O)N(C)C1CNC1. The summed E-state index contributed by atoms with van der Waals surface area (Å²) in [6.45, 7) is 4.67. The molecule has 12 heavy (non-hydrogen) atoms. The molecule has 0 aromatic carbocycles. The zero-order chi connectivity index (χ0) is 8.97. The maximum atomic E-state index is 11.3. The molecule has 0 radical (unpaired) electrons. The third-order valence-electron chi connectivity index (χ3n) is 2.15. The second-order valence-corrected chi connectivity index (χ2v) is 3.15. The summed E-state index contributed by atoms with van der Waals surface area (Å²) in [7, 11) is 1.84. The van der Waals surface area contributed by atoms with Crippen molar-refractivity contribution in [2.75, 3.05) is 26.7 Å². The lowest BCUT2D eigenvalue weighted by molar-refractivity contribution is 0.168. The second kappa shape index (κ2) is 4.30. The summed E-state index contributed by atoms with van der Waals surface area (Å²) < 4.78 is 0. The van der Waals surface area contributed by atoms with Crippen LogP contribution in [0.3, 0.4) is 0 Å². The number of carbonyl (C=O) groups excluding carboxylic acids is 1. The number of nitrogens with one attached hydrogen (secondary N) is 2. The molecule has 0 unspecified atom stereocenters. The lowest BCUT2D eigenvalue weighted by Crippen LogP contribution is -2.59. The van der Waals surface area contributed by atoms with Gasteiger partial charge in [-0.05, 0) is 6.42 Å². The van der Waals surface area contributed by atoms with Crippen LogP contribution in [0, 0.1) is 0 Å². The van der Waals surface area contributed by atoms with Gasteiger partial charge in [0.25, 0.3) is 0 Å². The van der Waals surface area contributed by atoms with Crippen LogP contribution in [0.15, 0.2) is 0 Å². The van der Waals surface area contributed by atoms with Gasteiger partial charge in [-0.2, -0.15) is 0 Å². The highest BCUT2D eigenvalue weighted by Gasteiger charge is 2.24. The molecule has 0 saturated carbocycles. The Morgan fingerprint density at radius 3 is 2.75 bits per heavy atom. The number of urea groups is 1. The van der Waals surface area contributed by atoms with Crippen molar-refractivity contribution in [1.29, 1.82) is 0 Å². The van der Waals surface area contributed by atoms with Gasteiger partial charge in [0, 0.05) is 26.7 Å². The highest BCUT2D eigenvalue weighted by Crippen LogP contribution is 2.01. The summed E-state index contributed by atoms with van der Waals surface area (Å²) in [5, 5.41) is 5.97. The molecule has 70 valence electrons. The van der Waals surface area contributed by atoms with E-state index in [-0.39, 0.29) is 6.03 Å². The lowest BCUT2D eigenvalue weighted by atomic mass is 10.1. The first kappa shape index (κ1) is 9.32. The molecule has 2 N–H and O–H groups in total. The molecule has 1 aliphatic heterocycles. The molecule has 1 rings (SSSR count). The lowest BCUT2D eigenvalue weighted by Gasteiger charge is -2.35. The van der Waals surface area contributed by atoms with Crippen LogP contribution < -0.4 is 10.6 Å². The van der Waals surface area contributed by atoms with Crippen LogP contribution in [0.2, 0.25) is 0 Å². The first-order valence-electron chi connectivity index (χ1n) is 4.47. The zero-order valence-electron chi connectivity index (χ0n) is 7.76. The Hall–Kier alpha value is -0.770. The van der Waals surface area contributed by atoms with Gasteiger partial charge in [-0.1, -0.05) is 6.92 Å². The predicted octanol–water partition coefficient (Wildman–Crippen LogP) is 0.00960. The van der Waals surface area contributed by atoms with Crippen molar-refractivity contribution in [2.45, 2.75) is 19.4 Å². The van der Waals surface area contributed by atoms with E-state index in [0.29, 0.717) is 6.04 Å². The van der Waals surface area contributed by atoms with Crippen LogP contribution in [-0.2, 0) is 0 Å². The fraction of sp³-hybridized carbons (Fsp3) is 0.875. The van der Waals surface area contributed by atoms with Crippen molar-refractivity contribution in [3.05, 3.63) is 0 Å². The van der Waals surface area contributed by atoms with Crippen molar-refractivity contribution in [3.63, 3.8) is 0 Å². The van der Waals surface area contributed by atoms with E-state index in [9.17, 15) is 4.79 Å². The molecule has 2 amide bonds. The summed E-state index contributed by atoms with van der Waals surface area (Å²) in [6.07, 6.45) is 0.989. The van der Waals surface area contributed by atoms with E-state index >= 15 is 0 Å². The Morgan fingerprint density at radius 2 is 2.33 bits per heavy atom. The Balaban J connectivity index is 2.20. The predicted molar refractivity (Wildman–Crippen MR) is 48.1 cm³/mol. The van der Waals surface area contributed by atoms with Crippen LogP contribution in [0.5, 0.6) is 0 Å². The van der Waals surface area contributed by atoms with E-state index in [1.807, 2.05) is 14.0 Å². The molecule has 1 aliphatic rings. The molecule has 1 fully saturated rings. The highest BCUT2D eigenvalue weighted by atomic mass is 16.2. The van der Waals surface area contributed by atoms with E-state index < -0.39 is 0 Å². The van der Waals surface area contributed by atoms with Gasteiger partial charge in [-0.3, -0.25) is 0 Å². The van der Waals surface area contributed by atoms with Crippen LogP contribution >= 0.6 is 0 Å². The number of carbonyl (C=O) groups is 1. The van der Waals surface area contributed by atoms with Crippen LogP contribution in [0.4, 0.5) is 4.79 Å². The highest BCUT2D eigenvalue weighted by molar-refractivity contribution is 5.74. The quantitative estimate of drug-likeness (QED) is 0.628. The molecule has 0 spiro atoms. The number of nitrogens with zero attached hydrogens (tertiary/aromatic N) is 1. The van der Waals surface area contributed by atoms with Gasteiger partial charge >= 0.3 is 6.03 Å². The summed E-state index contributed by atoms with van der Waals surface area (Å²) >= 11 is 0.